The fraction of sp³-hybridized carbons (Fsp3) is 0.889. The van der Waals surface area contributed by atoms with Crippen LogP contribution in [0.25, 0.3) is 0 Å². The van der Waals surface area contributed by atoms with Gasteiger partial charge in [0.1, 0.15) is 25.3 Å². The van der Waals surface area contributed by atoms with E-state index in [4.69, 9.17) is 9.47 Å². The van der Waals surface area contributed by atoms with Crippen LogP contribution in [0, 0.1) is 0 Å². The first-order valence-electron chi connectivity index (χ1n) is 10.1. The number of amides is 2. The van der Waals surface area contributed by atoms with Gasteiger partial charge in [-0.3, -0.25) is 9.59 Å². The van der Waals surface area contributed by atoms with Crippen molar-refractivity contribution >= 4 is 11.8 Å². The predicted molar refractivity (Wildman–Crippen MR) is 94.4 cm³/mol. The maximum Gasteiger partial charge on any atom is 0.277 e. The Morgan fingerprint density at radius 3 is 1.54 bits per heavy atom. The lowest BCUT2D eigenvalue weighted by atomic mass is 10.2. The minimum Gasteiger partial charge on any atom is -0.372 e. The Balaban J connectivity index is 1.26. The Morgan fingerprint density at radius 2 is 1.19 bits per heavy atom. The van der Waals surface area contributed by atoms with Crippen LogP contribution < -0.4 is 10.6 Å². The molecular formula is C18H34N4O4+2. The normalized spacial score (nSPS) is 26.5. The zero-order valence-electron chi connectivity index (χ0n) is 15.7. The predicted octanol–water partition coefficient (Wildman–Crippen LogP) is -2.86. The number of quaternary nitrogens is 2. The SMILES string of the molecule is O=C(C[NH2+]C[C@H]1CCCO1)N1CCN(C(=O)C[NH2+]C[C@H]2CCCO2)CC1. The Morgan fingerprint density at radius 1 is 0.769 bits per heavy atom. The minimum absolute atomic E-state index is 0.167. The molecule has 3 heterocycles. The summed E-state index contributed by atoms with van der Waals surface area (Å²) < 4.78 is 11.1. The Bertz CT molecular complexity index is 414. The van der Waals surface area contributed by atoms with Gasteiger partial charge in [0, 0.05) is 39.4 Å². The van der Waals surface area contributed by atoms with Crippen molar-refractivity contribution in [2.45, 2.75) is 37.9 Å². The van der Waals surface area contributed by atoms with E-state index in [0.717, 1.165) is 52.0 Å². The molecule has 3 saturated heterocycles. The van der Waals surface area contributed by atoms with Gasteiger partial charge in [-0.05, 0) is 25.7 Å². The third-order valence-corrected chi connectivity index (χ3v) is 5.53. The van der Waals surface area contributed by atoms with Crippen LogP contribution in [0.15, 0.2) is 0 Å². The van der Waals surface area contributed by atoms with E-state index in [1.807, 2.05) is 9.80 Å². The molecule has 0 aromatic carbocycles. The van der Waals surface area contributed by atoms with E-state index >= 15 is 0 Å². The Kier molecular flexibility index (Phi) is 7.67. The molecule has 0 radical (unpaired) electrons. The van der Waals surface area contributed by atoms with Crippen LogP contribution in [0.5, 0.6) is 0 Å². The summed E-state index contributed by atoms with van der Waals surface area (Å²) >= 11 is 0. The van der Waals surface area contributed by atoms with Crippen LogP contribution in [0.3, 0.4) is 0 Å². The van der Waals surface area contributed by atoms with Crippen molar-refractivity contribution < 1.29 is 29.7 Å². The monoisotopic (exact) mass is 370 g/mol. The third kappa shape index (κ3) is 5.90. The zero-order chi connectivity index (χ0) is 18.2. The number of piperazine rings is 1. The number of nitrogens with zero attached hydrogens (tertiary/aromatic N) is 2. The molecule has 0 bridgehead atoms. The second-order valence-electron chi connectivity index (χ2n) is 7.49. The van der Waals surface area contributed by atoms with Crippen molar-refractivity contribution in [2.75, 3.05) is 65.6 Å². The summed E-state index contributed by atoms with van der Waals surface area (Å²) in [6.07, 6.45) is 5.09. The lowest BCUT2D eigenvalue weighted by Crippen LogP contribution is -2.89. The first-order chi connectivity index (χ1) is 12.7. The lowest BCUT2D eigenvalue weighted by molar-refractivity contribution is -0.651. The number of nitrogens with two attached hydrogens (primary N) is 2. The molecule has 0 unspecified atom stereocenters. The quantitative estimate of drug-likeness (QED) is 0.481. The zero-order valence-corrected chi connectivity index (χ0v) is 15.7. The average Bonchev–Trinajstić information content (AvgIpc) is 3.36. The van der Waals surface area contributed by atoms with Gasteiger partial charge in [-0.25, -0.2) is 0 Å². The highest BCUT2D eigenvalue weighted by molar-refractivity contribution is 5.79. The van der Waals surface area contributed by atoms with Crippen molar-refractivity contribution in [2.24, 2.45) is 0 Å². The highest BCUT2D eigenvalue weighted by Crippen LogP contribution is 2.10. The highest BCUT2D eigenvalue weighted by Gasteiger charge is 2.26. The fourth-order valence-electron chi connectivity index (χ4n) is 3.91. The molecule has 26 heavy (non-hydrogen) atoms. The number of rotatable bonds is 8. The van der Waals surface area contributed by atoms with Crippen LogP contribution in [-0.4, -0.2) is 99.4 Å². The molecule has 3 aliphatic rings. The van der Waals surface area contributed by atoms with Crippen molar-refractivity contribution in [3.05, 3.63) is 0 Å². The van der Waals surface area contributed by atoms with E-state index in [1.54, 1.807) is 0 Å². The number of ether oxygens (including phenoxy) is 2. The maximum atomic E-state index is 12.3. The van der Waals surface area contributed by atoms with Crippen LogP contribution >= 0.6 is 0 Å². The summed E-state index contributed by atoms with van der Waals surface area (Å²) in [5.74, 6) is 0.333. The Labute approximate surface area is 155 Å². The van der Waals surface area contributed by atoms with E-state index in [-0.39, 0.29) is 11.8 Å². The first-order valence-corrected chi connectivity index (χ1v) is 10.1. The molecule has 3 fully saturated rings. The number of carbonyl (C=O) groups is 2. The summed E-state index contributed by atoms with van der Waals surface area (Å²) in [5.41, 5.74) is 0. The average molecular weight is 370 g/mol. The molecular weight excluding hydrogens is 336 g/mol. The topological polar surface area (TPSA) is 92.3 Å². The van der Waals surface area contributed by atoms with Gasteiger partial charge in [0.25, 0.3) is 11.8 Å². The molecule has 2 atom stereocenters. The van der Waals surface area contributed by atoms with Crippen LogP contribution in [0.1, 0.15) is 25.7 Å². The van der Waals surface area contributed by atoms with Gasteiger partial charge in [-0.2, -0.15) is 0 Å². The lowest BCUT2D eigenvalue weighted by Gasteiger charge is -2.34. The van der Waals surface area contributed by atoms with E-state index in [0.29, 0.717) is 51.5 Å². The molecule has 3 aliphatic heterocycles. The molecule has 0 aromatic heterocycles. The van der Waals surface area contributed by atoms with Gasteiger partial charge in [-0.1, -0.05) is 0 Å². The third-order valence-electron chi connectivity index (χ3n) is 5.53. The minimum atomic E-state index is 0.167. The molecule has 3 rings (SSSR count). The summed E-state index contributed by atoms with van der Waals surface area (Å²) in [5, 5.41) is 4.10. The molecule has 8 nitrogen and oxygen atoms in total. The van der Waals surface area contributed by atoms with Gasteiger partial charge in [0.2, 0.25) is 0 Å². The van der Waals surface area contributed by atoms with Crippen LogP contribution in [-0.2, 0) is 19.1 Å². The van der Waals surface area contributed by atoms with Gasteiger partial charge in [0.05, 0.1) is 0 Å². The summed E-state index contributed by atoms with van der Waals surface area (Å²) in [4.78, 5) is 28.4. The van der Waals surface area contributed by atoms with Crippen LogP contribution in [0.4, 0.5) is 0 Å². The maximum absolute atomic E-state index is 12.3. The molecule has 4 N–H and O–H groups in total. The molecule has 0 spiro atoms. The molecule has 0 saturated carbocycles. The molecule has 0 aliphatic carbocycles. The Hall–Kier alpha value is -1.22. The number of carbonyl (C=O) groups excluding carboxylic acids is 2. The second-order valence-corrected chi connectivity index (χ2v) is 7.49. The largest absolute Gasteiger partial charge is 0.372 e. The van der Waals surface area contributed by atoms with Crippen molar-refractivity contribution in [1.29, 1.82) is 0 Å². The molecule has 8 heteroatoms. The van der Waals surface area contributed by atoms with Crippen molar-refractivity contribution in [3.63, 3.8) is 0 Å². The second kappa shape index (κ2) is 10.2. The highest BCUT2D eigenvalue weighted by atomic mass is 16.5. The number of hydrogen-bond donors (Lipinski definition) is 2. The summed E-state index contributed by atoms with van der Waals surface area (Å²) in [6.45, 7) is 6.96. The van der Waals surface area contributed by atoms with Gasteiger partial charge in [0.15, 0.2) is 13.1 Å². The molecule has 2 amide bonds. The van der Waals surface area contributed by atoms with E-state index in [1.165, 1.54) is 0 Å². The van der Waals surface area contributed by atoms with Crippen LogP contribution in [0.2, 0.25) is 0 Å². The number of hydrogen-bond acceptors (Lipinski definition) is 4. The summed E-state index contributed by atoms with van der Waals surface area (Å²) in [7, 11) is 0. The molecule has 0 aromatic rings. The van der Waals surface area contributed by atoms with E-state index in [9.17, 15) is 9.59 Å². The van der Waals surface area contributed by atoms with E-state index < -0.39 is 0 Å². The standard InChI is InChI=1S/C18H32N4O4/c23-17(13-19-11-15-3-1-9-25-15)21-5-7-22(8-6-21)18(24)14-20-12-16-4-2-10-26-16/h15-16,19-20H,1-14H2/p+2/t15-,16-/m1/s1. The van der Waals surface area contributed by atoms with Crippen molar-refractivity contribution in [1.82, 2.24) is 9.80 Å². The smallest absolute Gasteiger partial charge is 0.277 e. The fourth-order valence-corrected chi connectivity index (χ4v) is 3.91. The first kappa shape index (κ1) is 19.5. The van der Waals surface area contributed by atoms with Gasteiger partial charge < -0.3 is 29.9 Å². The van der Waals surface area contributed by atoms with Gasteiger partial charge in [-0.15, -0.1) is 0 Å². The van der Waals surface area contributed by atoms with Crippen molar-refractivity contribution in [3.8, 4) is 0 Å². The summed E-state index contributed by atoms with van der Waals surface area (Å²) in [6, 6.07) is 0. The van der Waals surface area contributed by atoms with Gasteiger partial charge >= 0.3 is 0 Å². The van der Waals surface area contributed by atoms with E-state index in [2.05, 4.69) is 10.6 Å². The molecule has 148 valence electrons.